The number of hydrogen-bond acceptors (Lipinski definition) is 6. The van der Waals surface area contributed by atoms with Gasteiger partial charge < -0.3 is 24.8 Å². The van der Waals surface area contributed by atoms with Crippen LogP contribution in [-0.2, 0) is 6.42 Å². The Labute approximate surface area is 132 Å². The summed E-state index contributed by atoms with van der Waals surface area (Å²) in [5.74, 6) is -1.28. The fraction of sp³-hybridized carbons (Fsp3) is 0.235. The number of rotatable bonds is 3. The van der Waals surface area contributed by atoms with Crippen molar-refractivity contribution >= 4 is 5.78 Å². The van der Waals surface area contributed by atoms with E-state index in [-0.39, 0.29) is 41.0 Å². The first kappa shape index (κ1) is 15.0. The van der Waals surface area contributed by atoms with Crippen LogP contribution in [0.25, 0.3) is 0 Å². The molecule has 2 aromatic rings. The van der Waals surface area contributed by atoms with Crippen molar-refractivity contribution in [3.05, 3.63) is 41.5 Å². The summed E-state index contributed by atoms with van der Waals surface area (Å²) >= 11 is 0. The van der Waals surface area contributed by atoms with Crippen molar-refractivity contribution in [2.45, 2.75) is 6.42 Å². The molecule has 0 saturated carbocycles. The van der Waals surface area contributed by atoms with Gasteiger partial charge in [0, 0.05) is 6.07 Å². The lowest BCUT2D eigenvalue weighted by molar-refractivity contribution is 0.0824. The van der Waals surface area contributed by atoms with Crippen LogP contribution in [0, 0.1) is 5.92 Å². The summed E-state index contributed by atoms with van der Waals surface area (Å²) in [6.07, 6.45) is 0.418. The zero-order valence-electron chi connectivity index (χ0n) is 12.4. The number of methoxy groups -OCH3 is 1. The van der Waals surface area contributed by atoms with E-state index < -0.39 is 11.7 Å². The second kappa shape index (κ2) is 5.72. The van der Waals surface area contributed by atoms with Crippen molar-refractivity contribution in [2.24, 2.45) is 5.92 Å². The molecule has 1 atom stereocenters. The molecule has 1 unspecified atom stereocenters. The fourth-order valence-electron chi connectivity index (χ4n) is 2.70. The summed E-state index contributed by atoms with van der Waals surface area (Å²) in [4.78, 5) is 12.7. The van der Waals surface area contributed by atoms with E-state index in [4.69, 9.17) is 9.47 Å². The van der Waals surface area contributed by atoms with Gasteiger partial charge in [-0.1, -0.05) is 12.1 Å². The number of Topliss-reactive ketones (excluding diaryl/α,β-unsaturated/α-hetero) is 1. The Morgan fingerprint density at radius 3 is 2.57 bits per heavy atom. The Bertz CT molecular complexity index is 751. The number of carbonyl (C=O) groups is 1. The zero-order valence-corrected chi connectivity index (χ0v) is 12.4. The molecule has 1 aliphatic rings. The average Bonchev–Trinajstić information content (AvgIpc) is 2.52. The molecule has 3 rings (SSSR count). The normalized spacial score (nSPS) is 16.6. The van der Waals surface area contributed by atoms with Crippen molar-refractivity contribution < 1.29 is 29.6 Å². The molecule has 6 nitrogen and oxygen atoms in total. The standard InChI is InChI=1S/C17H16O6/c1-22-17-12(19)7-13-14(16(17)21)15(20)10(8-23-13)6-9-2-4-11(18)5-3-9/h2-5,7,10,18-19,21H,6,8H2,1H3. The van der Waals surface area contributed by atoms with Crippen LogP contribution in [0.1, 0.15) is 15.9 Å². The maximum absolute atomic E-state index is 12.7. The third kappa shape index (κ3) is 2.63. The average molecular weight is 316 g/mol. The first-order valence-electron chi connectivity index (χ1n) is 7.09. The van der Waals surface area contributed by atoms with Crippen LogP contribution in [0.2, 0.25) is 0 Å². The van der Waals surface area contributed by atoms with Gasteiger partial charge in [0.25, 0.3) is 0 Å². The summed E-state index contributed by atoms with van der Waals surface area (Å²) in [5.41, 5.74) is 0.896. The van der Waals surface area contributed by atoms with Gasteiger partial charge in [0.05, 0.1) is 19.6 Å². The highest BCUT2D eigenvalue weighted by atomic mass is 16.5. The number of benzene rings is 2. The number of fused-ring (bicyclic) bond motifs is 1. The van der Waals surface area contributed by atoms with Crippen molar-refractivity contribution in [2.75, 3.05) is 13.7 Å². The van der Waals surface area contributed by atoms with E-state index in [0.717, 1.165) is 5.56 Å². The Hall–Kier alpha value is -2.89. The lowest BCUT2D eigenvalue weighted by Gasteiger charge is -2.25. The third-order valence-electron chi connectivity index (χ3n) is 3.88. The van der Waals surface area contributed by atoms with Gasteiger partial charge in [0.15, 0.2) is 17.3 Å². The number of phenols is 3. The summed E-state index contributed by atoms with van der Waals surface area (Å²) in [6.45, 7) is 0.151. The van der Waals surface area contributed by atoms with Crippen LogP contribution in [-0.4, -0.2) is 34.8 Å². The molecular weight excluding hydrogens is 300 g/mol. The molecule has 1 heterocycles. The van der Waals surface area contributed by atoms with Gasteiger partial charge in [-0.05, 0) is 24.1 Å². The second-order valence-corrected chi connectivity index (χ2v) is 5.39. The molecule has 2 aromatic carbocycles. The molecule has 1 aliphatic heterocycles. The number of aromatic hydroxyl groups is 3. The van der Waals surface area contributed by atoms with Crippen LogP contribution in [0.3, 0.4) is 0 Å². The van der Waals surface area contributed by atoms with E-state index in [0.29, 0.717) is 6.42 Å². The lowest BCUT2D eigenvalue weighted by Crippen LogP contribution is -2.29. The molecule has 0 fully saturated rings. The topological polar surface area (TPSA) is 96.2 Å². The van der Waals surface area contributed by atoms with Gasteiger partial charge in [-0.15, -0.1) is 0 Å². The highest BCUT2D eigenvalue weighted by Gasteiger charge is 2.34. The SMILES string of the molecule is COc1c(O)cc2c(c1O)C(=O)C(Cc1ccc(O)cc1)CO2. The smallest absolute Gasteiger partial charge is 0.203 e. The molecule has 23 heavy (non-hydrogen) atoms. The zero-order chi connectivity index (χ0) is 16.6. The summed E-state index contributed by atoms with van der Waals surface area (Å²) in [5, 5.41) is 29.3. The van der Waals surface area contributed by atoms with Gasteiger partial charge in [-0.3, -0.25) is 4.79 Å². The molecule has 0 spiro atoms. The Balaban J connectivity index is 1.92. The summed E-state index contributed by atoms with van der Waals surface area (Å²) in [7, 11) is 1.29. The van der Waals surface area contributed by atoms with E-state index >= 15 is 0 Å². The molecule has 0 saturated heterocycles. The molecule has 0 radical (unpaired) electrons. The highest BCUT2D eigenvalue weighted by Crippen LogP contribution is 2.46. The molecule has 0 bridgehead atoms. The van der Waals surface area contributed by atoms with E-state index in [1.54, 1.807) is 24.3 Å². The minimum Gasteiger partial charge on any atom is -0.508 e. The molecule has 0 aliphatic carbocycles. The predicted octanol–water partition coefficient (Wildman–Crippen LogP) is 2.25. The van der Waals surface area contributed by atoms with Crippen LogP contribution in [0.4, 0.5) is 0 Å². The fourth-order valence-corrected chi connectivity index (χ4v) is 2.70. The van der Waals surface area contributed by atoms with E-state index in [9.17, 15) is 20.1 Å². The third-order valence-corrected chi connectivity index (χ3v) is 3.88. The van der Waals surface area contributed by atoms with Gasteiger partial charge in [-0.25, -0.2) is 0 Å². The summed E-state index contributed by atoms with van der Waals surface area (Å²) < 4.78 is 10.4. The monoisotopic (exact) mass is 316 g/mol. The van der Waals surface area contributed by atoms with Gasteiger partial charge in [-0.2, -0.15) is 0 Å². The molecule has 3 N–H and O–H groups in total. The maximum atomic E-state index is 12.7. The molecule has 6 heteroatoms. The number of hydrogen-bond donors (Lipinski definition) is 3. The second-order valence-electron chi connectivity index (χ2n) is 5.39. The van der Waals surface area contributed by atoms with Crippen molar-refractivity contribution in [1.82, 2.24) is 0 Å². The van der Waals surface area contributed by atoms with E-state index in [1.807, 2.05) is 0 Å². The Morgan fingerprint density at radius 1 is 1.22 bits per heavy atom. The molecular formula is C17H16O6. The highest BCUT2D eigenvalue weighted by molar-refractivity contribution is 6.05. The van der Waals surface area contributed by atoms with Crippen LogP contribution >= 0.6 is 0 Å². The first-order chi connectivity index (χ1) is 11.0. The van der Waals surface area contributed by atoms with Crippen molar-refractivity contribution in [3.63, 3.8) is 0 Å². The molecule has 120 valence electrons. The maximum Gasteiger partial charge on any atom is 0.203 e. The lowest BCUT2D eigenvalue weighted by atomic mass is 9.89. The van der Waals surface area contributed by atoms with Crippen LogP contribution in [0.15, 0.2) is 30.3 Å². The van der Waals surface area contributed by atoms with Crippen LogP contribution in [0.5, 0.6) is 28.7 Å². The Morgan fingerprint density at radius 2 is 1.91 bits per heavy atom. The minimum absolute atomic E-state index is 0.0229. The number of ether oxygens (including phenoxy) is 2. The summed E-state index contributed by atoms with van der Waals surface area (Å²) in [6, 6.07) is 7.83. The van der Waals surface area contributed by atoms with Gasteiger partial charge >= 0.3 is 0 Å². The van der Waals surface area contributed by atoms with Gasteiger partial charge in [0.1, 0.15) is 17.1 Å². The minimum atomic E-state index is -0.466. The predicted molar refractivity (Wildman–Crippen MR) is 81.4 cm³/mol. The molecule has 0 amide bonds. The van der Waals surface area contributed by atoms with Crippen LogP contribution < -0.4 is 9.47 Å². The van der Waals surface area contributed by atoms with Crippen molar-refractivity contribution in [1.29, 1.82) is 0 Å². The van der Waals surface area contributed by atoms with E-state index in [1.165, 1.54) is 13.2 Å². The van der Waals surface area contributed by atoms with E-state index in [2.05, 4.69) is 0 Å². The number of ketones is 1. The Kier molecular flexibility index (Phi) is 3.73. The molecule has 0 aromatic heterocycles. The van der Waals surface area contributed by atoms with Crippen molar-refractivity contribution in [3.8, 4) is 28.7 Å². The largest absolute Gasteiger partial charge is 0.508 e. The number of carbonyl (C=O) groups excluding carboxylic acids is 1. The number of phenolic OH excluding ortho intramolecular Hbond substituents is 3. The van der Waals surface area contributed by atoms with Gasteiger partial charge in [0.2, 0.25) is 5.75 Å². The first-order valence-corrected chi connectivity index (χ1v) is 7.09. The quantitative estimate of drug-likeness (QED) is 0.803.